The van der Waals surface area contributed by atoms with Gasteiger partial charge in [0.25, 0.3) is 0 Å². The lowest BCUT2D eigenvalue weighted by Gasteiger charge is -2.14. The highest BCUT2D eigenvalue weighted by Crippen LogP contribution is 2.24. The zero-order chi connectivity index (χ0) is 14.0. The van der Waals surface area contributed by atoms with Gasteiger partial charge in [0.2, 0.25) is 0 Å². The van der Waals surface area contributed by atoms with Gasteiger partial charge in [-0.15, -0.1) is 0 Å². The molecule has 2 rings (SSSR count). The van der Waals surface area contributed by atoms with Crippen molar-refractivity contribution in [2.24, 2.45) is 0 Å². The minimum absolute atomic E-state index is 0.414. The molecule has 1 aromatic heterocycles. The van der Waals surface area contributed by atoms with Gasteiger partial charge in [-0.2, -0.15) is 0 Å². The van der Waals surface area contributed by atoms with Crippen LogP contribution in [0.15, 0.2) is 30.3 Å². The molecule has 0 fully saturated rings. The standard InChI is InChI=1S/C16H21N3/c1-11(2)15-10-16(18-12(3)17-15)13-7-6-8-14(9-13)19(4)5/h6-11H,1-5H3. The van der Waals surface area contributed by atoms with Crippen LogP contribution < -0.4 is 4.90 Å². The van der Waals surface area contributed by atoms with Crippen molar-refractivity contribution in [1.29, 1.82) is 0 Å². The third-order valence-electron chi connectivity index (χ3n) is 3.11. The molecule has 1 heterocycles. The van der Waals surface area contributed by atoms with Gasteiger partial charge in [-0.1, -0.05) is 26.0 Å². The molecule has 0 atom stereocenters. The molecule has 0 saturated heterocycles. The van der Waals surface area contributed by atoms with E-state index < -0.39 is 0 Å². The molecule has 3 heteroatoms. The Hall–Kier alpha value is -1.90. The molecule has 0 amide bonds. The third kappa shape index (κ3) is 3.11. The van der Waals surface area contributed by atoms with E-state index in [1.165, 1.54) is 5.69 Å². The minimum Gasteiger partial charge on any atom is -0.378 e. The molecule has 3 nitrogen and oxygen atoms in total. The molecule has 0 aliphatic heterocycles. The fourth-order valence-corrected chi connectivity index (χ4v) is 1.98. The van der Waals surface area contributed by atoms with Crippen LogP contribution in [0.5, 0.6) is 0 Å². The van der Waals surface area contributed by atoms with Gasteiger partial charge >= 0.3 is 0 Å². The predicted molar refractivity (Wildman–Crippen MR) is 80.6 cm³/mol. The van der Waals surface area contributed by atoms with Gasteiger partial charge in [0, 0.05) is 31.0 Å². The van der Waals surface area contributed by atoms with Crippen molar-refractivity contribution in [3.8, 4) is 11.3 Å². The van der Waals surface area contributed by atoms with E-state index in [1.54, 1.807) is 0 Å². The van der Waals surface area contributed by atoms with Crippen LogP contribution in [0.4, 0.5) is 5.69 Å². The smallest absolute Gasteiger partial charge is 0.126 e. The predicted octanol–water partition coefficient (Wildman–Crippen LogP) is 3.64. The third-order valence-corrected chi connectivity index (χ3v) is 3.11. The summed E-state index contributed by atoms with van der Waals surface area (Å²) in [5, 5.41) is 0. The van der Waals surface area contributed by atoms with Crippen molar-refractivity contribution >= 4 is 5.69 Å². The van der Waals surface area contributed by atoms with Gasteiger partial charge in [0.1, 0.15) is 5.82 Å². The van der Waals surface area contributed by atoms with Crippen molar-refractivity contribution in [2.75, 3.05) is 19.0 Å². The molecule has 0 N–H and O–H groups in total. The van der Waals surface area contributed by atoms with Crippen LogP contribution in [0.25, 0.3) is 11.3 Å². The van der Waals surface area contributed by atoms with Crippen LogP contribution in [-0.2, 0) is 0 Å². The normalized spacial score (nSPS) is 10.8. The number of aryl methyl sites for hydroxylation is 1. The topological polar surface area (TPSA) is 29.0 Å². The minimum atomic E-state index is 0.414. The van der Waals surface area contributed by atoms with Crippen LogP contribution in [0, 0.1) is 6.92 Å². The SMILES string of the molecule is Cc1nc(-c2cccc(N(C)C)c2)cc(C(C)C)n1. The molecule has 0 spiro atoms. The number of anilines is 1. The summed E-state index contributed by atoms with van der Waals surface area (Å²) >= 11 is 0. The Labute approximate surface area is 115 Å². The monoisotopic (exact) mass is 255 g/mol. The number of aromatic nitrogens is 2. The number of rotatable bonds is 3. The Bertz CT molecular complexity index is 574. The summed E-state index contributed by atoms with van der Waals surface area (Å²) in [7, 11) is 4.09. The van der Waals surface area contributed by atoms with Crippen LogP contribution >= 0.6 is 0 Å². The molecule has 2 aromatic rings. The maximum Gasteiger partial charge on any atom is 0.126 e. The van der Waals surface area contributed by atoms with E-state index in [9.17, 15) is 0 Å². The summed E-state index contributed by atoms with van der Waals surface area (Å²) in [6.45, 7) is 6.26. The Morgan fingerprint density at radius 3 is 2.42 bits per heavy atom. The maximum absolute atomic E-state index is 4.56. The first-order valence-electron chi connectivity index (χ1n) is 6.60. The van der Waals surface area contributed by atoms with Crippen LogP contribution in [0.1, 0.15) is 31.3 Å². The summed E-state index contributed by atoms with van der Waals surface area (Å²) in [5.41, 5.74) is 4.41. The van der Waals surface area contributed by atoms with Crippen molar-refractivity contribution in [1.82, 2.24) is 9.97 Å². The number of hydrogen-bond acceptors (Lipinski definition) is 3. The lowest BCUT2D eigenvalue weighted by Crippen LogP contribution is -2.08. The van der Waals surface area contributed by atoms with E-state index in [0.717, 1.165) is 22.8 Å². The number of benzene rings is 1. The number of nitrogens with zero attached hydrogens (tertiary/aromatic N) is 3. The van der Waals surface area contributed by atoms with Gasteiger partial charge in [0.15, 0.2) is 0 Å². The molecule has 1 aromatic carbocycles. The van der Waals surface area contributed by atoms with E-state index in [0.29, 0.717) is 5.92 Å². The first kappa shape index (κ1) is 13.5. The van der Waals surface area contributed by atoms with Gasteiger partial charge in [0.05, 0.1) is 5.69 Å². The molecular formula is C16H21N3. The molecule has 0 bridgehead atoms. The van der Waals surface area contributed by atoms with E-state index in [2.05, 4.69) is 59.0 Å². The van der Waals surface area contributed by atoms with Crippen LogP contribution in [0.3, 0.4) is 0 Å². The fraction of sp³-hybridized carbons (Fsp3) is 0.375. The van der Waals surface area contributed by atoms with Crippen molar-refractivity contribution in [3.63, 3.8) is 0 Å². The Morgan fingerprint density at radius 1 is 1.05 bits per heavy atom. The summed E-state index contributed by atoms with van der Waals surface area (Å²) in [6, 6.07) is 10.5. The number of hydrogen-bond donors (Lipinski definition) is 0. The molecule has 100 valence electrons. The van der Waals surface area contributed by atoms with Crippen LogP contribution in [0.2, 0.25) is 0 Å². The average Bonchev–Trinajstić information content (AvgIpc) is 2.38. The summed E-state index contributed by atoms with van der Waals surface area (Å²) < 4.78 is 0. The largest absolute Gasteiger partial charge is 0.378 e. The zero-order valence-corrected chi connectivity index (χ0v) is 12.3. The quantitative estimate of drug-likeness (QED) is 0.838. The van der Waals surface area contributed by atoms with Gasteiger partial charge in [-0.05, 0) is 31.0 Å². The van der Waals surface area contributed by atoms with Gasteiger partial charge in [-0.25, -0.2) is 9.97 Å². The van der Waals surface area contributed by atoms with E-state index in [1.807, 2.05) is 21.0 Å². The van der Waals surface area contributed by atoms with Crippen molar-refractivity contribution in [2.45, 2.75) is 26.7 Å². The molecule has 0 saturated carbocycles. The first-order valence-corrected chi connectivity index (χ1v) is 6.60. The second-order valence-corrected chi connectivity index (χ2v) is 5.32. The van der Waals surface area contributed by atoms with Crippen LogP contribution in [-0.4, -0.2) is 24.1 Å². The second-order valence-electron chi connectivity index (χ2n) is 5.32. The van der Waals surface area contributed by atoms with E-state index in [4.69, 9.17) is 0 Å². The summed E-state index contributed by atoms with van der Waals surface area (Å²) in [6.07, 6.45) is 0. The summed E-state index contributed by atoms with van der Waals surface area (Å²) in [4.78, 5) is 11.2. The summed E-state index contributed by atoms with van der Waals surface area (Å²) in [5.74, 6) is 1.24. The lowest BCUT2D eigenvalue weighted by atomic mass is 10.1. The molecule has 0 radical (unpaired) electrons. The molecule has 0 aliphatic carbocycles. The Balaban J connectivity index is 2.49. The zero-order valence-electron chi connectivity index (χ0n) is 12.3. The van der Waals surface area contributed by atoms with E-state index >= 15 is 0 Å². The average molecular weight is 255 g/mol. The maximum atomic E-state index is 4.56. The van der Waals surface area contributed by atoms with Crippen molar-refractivity contribution in [3.05, 3.63) is 41.9 Å². The van der Waals surface area contributed by atoms with Gasteiger partial charge in [-0.3, -0.25) is 0 Å². The molecule has 0 unspecified atom stereocenters. The fourth-order valence-electron chi connectivity index (χ4n) is 1.98. The van der Waals surface area contributed by atoms with E-state index in [-0.39, 0.29) is 0 Å². The Kier molecular flexibility index (Phi) is 3.84. The highest BCUT2D eigenvalue weighted by Gasteiger charge is 2.08. The highest BCUT2D eigenvalue weighted by molar-refractivity contribution is 5.65. The van der Waals surface area contributed by atoms with Gasteiger partial charge < -0.3 is 4.90 Å². The molecule has 19 heavy (non-hydrogen) atoms. The molecule has 0 aliphatic rings. The first-order chi connectivity index (χ1) is 8.97. The second kappa shape index (κ2) is 5.39. The Morgan fingerprint density at radius 2 is 1.79 bits per heavy atom. The molecular weight excluding hydrogens is 234 g/mol. The highest BCUT2D eigenvalue weighted by atomic mass is 15.1. The lowest BCUT2D eigenvalue weighted by molar-refractivity contribution is 0.803. The van der Waals surface area contributed by atoms with Crippen molar-refractivity contribution < 1.29 is 0 Å².